The highest BCUT2D eigenvalue weighted by molar-refractivity contribution is 7.99. The number of ketones is 1. The monoisotopic (exact) mass is 399 g/mol. The molecule has 0 unspecified atom stereocenters. The Balaban J connectivity index is 1.48. The lowest BCUT2D eigenvalue weighted by molar-refractivity contribution is 0.102. The van der Waals surface area contributed by atoms with Crippen LogP contribution in [0.1, 0.15) is 24.2 Å². The summed E-state index contributed by atoms with van der Waals surface area (Å²) in [7, 11) is 0. The van der Waals surface area contributed by atoms with Crippen molar-refractivity contribution in [1.29, 1.82) is 0 Å². The molecular weight excluding hydrogens is 378 g/mol. The van der Waals surface area contributed by atoms with Crippen LogP contribution in [0.2, 0.25) is 0 Å². The number of carbonyl (C=O) groups is 1. The minimum Gasteiger partial charge on any atom is -0.486 e. The third-order valence-corrected chi connectivity index (χ3v) is 5.41. The summed E-state index contributed by atoms with van der Waals surface area (Å²) in [6.07, 6.45) is 3.74. The topological polar surface area (TPSA) is 84.1 Å². The van der Waals surface area contributed by atoms with Crippen molar-refractivity contribution in [3.63, 3.8) is 0 Å². The van der Waals surface area contributed by atoms with Crippen molar-refractivity contribution >= 4 is 17.5 Å². The van der Waals surface area contributed by atoms with Crippen LogP contribution in [0.25, 0.3) is 11.4 Å². The van der Waals surface area contributed by atoms with Crippen molar-refractivity contribution in [2.24, 2.45) is 0 Å². The average molecular weight is 399 g/mol. The molecule has 0 N–H and O–H groups in total. The second kappa shape index (κ2) is 8.05. The molecule has 28 heavy (non-hydrogen) atoms. The summed E-state index contributed by atoms with van der Waals surface area (Å²) in [4.78, 5) is 12.6. The van der Waals surface area contributed by atoms with Crippen molar-refractivity contribution in [1.82, 2.24) is 24.5 Å². The van der Waals surface area contributed by atoms with Gasteiger partial charge in [-0.3, -0.25) is 9.48 Å². The Hall–Kier alpha value is -2.81. The van der Waals surface area contributed by atoms with Gasteiger partial charge in [0, 0.05) is 24.8 Å². The quantitative estimate of drug-likeness (QED) is 0.446. The maximum absolute atomic E-state index is 12.6. The fourth-order valence-corrected chi connectivity index (χ4v) is 3.87. The highest BCUT2D eigenvalue weighted by Crippen LogP contribution is 2.31. The zero-order valence-electron chi connectivity index (χ0n) is 15.8. The number of hydrogen-bond donors (Lipinski definition) is 0. The van der Waals surface area contributed by atoms with E-state index in [-0.39, 0.29) is 11.5 Å². The molecule has 0 bridgehead atoms. The minimum absolute atomic E-state index is 0.00739. The number of ether oxygens (including phenoxy) is 2. The number of fused-ring (bicyclic) bond motifs is 1. The Bertz CT molecular complexity index is 997. The maximum atomic E-state index is 12.6. The number of benzene rings is 1. The van der Waals surface area contributed by atoms with E-state index in [0.717, 1.165) is 17.9 Å². The molecule has 0 spiro atoms. The van der Waals surface area contributed by atoms with Crippen LogP contribution in [0.4, 0.5) is 0 Å². The molecule has 1 aliphatic heterocycles. The number of thioether (sulfide) groups is 1. The lowest BCUT2D eigenvalue weighted by Gasteiger charge is -2.18. The molecule has 4 rings (SSSR count). The molecule has 0 saturated carbocycles. The van der Waals surface area contributed by atoms with Crippen molar-refractivity contribution < 1.29 is 14.3 Å². The standard InChI is InChI=1S/C19H21N5O3S/c1-3-23-11-14(10-20-23)18-21-22-19(24(18)4-2)28-12-15(25)13-5-6-16-17(9-13)27-8-7-26-16/h5-6,9-11H,3-4,7-8,12H2,1-2H3. The number of rotatable bonds is 7. The summed E-state index contributed by atoms with van der Waals surface area (Å²) >= 11 is 1.38. The average Bonchev–Trinajstić information content (AvgIpc) is 3.37. The zero-order chi connectivity index (χ0) is 19.5. The number of aromatic nitrogens is 5. The molecule has 9 heteroatoms. The van der Waals surface area contributed by atoms with Crippen LogP contribution < -0.4 is 9.47 Å². The summed E-state index contributed by atoms with van der Waals surface area (Å²) < 4.78 is 14.9. The van der Waals surface area contributed by atoms with E-state index < -0.39 is 0 Å². The van der Waals surface area contributed by atoms with Crippen molar-refractivity contribution in [3.8, 4) is 22.9 Å². The SMILES string of the molecule is CCn1cc(-c2nnc(SCC(=O)c3ccc4c(c3)OCCO4)n2CC)cn1. The fourth-order valence-electron chi connectivity index (χ4n) is 2.98. The van der Waals surface area contributed by atoms with E-state index in [1.165, 1.54) is 11.8 Å². The van der Waals surface area contributed by atoms with Gasteiger partial charge in [-0.2, -0.15) is 5.10 Å². The van der Waals surface area contributed by atoms with Crippen molar-refractivity contribution in [2.45, 2.75) is 32.1 Å². The van der Waals surface area contributed by atoms with E-state index in [1.807, 2.05) is 29.3 Å². The van der Waals surface area contributed by atoms with Gasteiger partial charge in [0.1, 0.15) is 13.2 Å². The van der Waals surface area contributed by atoms with Gasteiger partial charge in [-0.1, -0.05) is 11.8 Å². The molecule has 3 aromatic rings. The minimum atomic E-state index is 0.00739. The number of nitrogens with zero attached hydrogens (tertiary/aromatic N) is 5. The van der Waals surface area contributed by atoms with Gasteiger partial charge in [0.15, 0.2) is 28.3 Å². The predicted molar refractivity (Wildman–Crippen MR) is 105 cm³/mol. The number of hydrogen-bond acceptors (Lipinski definition) is 7. The van der Waals surface area contributed by atoms with Crippen LogP contribution in [-0.2, 0) is 13.1 Å². The first-order valence-corrected chi connectivity index (χ1v) is 10.2. The Morgan fingerprint density at radius 1 is 1.14 bits per heavy atom. The zero-order valence-corrected chi connectivity index (χ0v) is 16.6. The molecule has 0 aliphatic carbocycles. The largest absolute Gasteiger partial charge is 0.486 e. The highest BCUT2D eigenvalue weighted by Gasteiger charge is 2.18. The molecule has 0 saturated heterocycles. The van der Waals surface area contributed by atoms with Gasteiger partial charge >= 0.3 is 0 Å². The summed E-state index contributed by atoms with van der Waals surface area (Å²) in [6, 6.07) is 5.29. The van der Waals surface area contributed by atoms with E-state index in [0.29, 0.717) is 42.0 Å². The van der Waals surface area contributed by atoms with Gasteiger partial charge in [0.25, 0.3) is 0 Å². The third kappa shape index (κ3) is 3.62. The van der Waals surface area contributed by atoms with Gasteiger partial charge < -0.3 is 14.0 Å². The highest BCUT2D eigenvalue weighted by atomic mass is 32.2. The Morgan fingerprint density at radius 2 is 1.96 bits per heavy atom. The summed E-state index contributed by atoms with van der Waals surface area (Å²) in [5.41, 5.74) is 1.52. The number of aryl methyl sites for hydroxylation is 1. The lowest BCUT2D eigenvalue weighted by Crippen LogP contribution is -2.16. The smallest absolute Gasteiger partial charge is 0.191 e. The van der Waals surface area contributed by atoms with Gasteiger partial charge in [-0.15, -0.1) is 10.2 Å². The number of carbonyl (C=O) groups excluding carboxylic acids is 1. The first-order chi connectivity index (χ1) is 13.7. The van der Waals surface area contributed by atoms with Crippen LogP contribution in [0, 0.1) is 0 Å². The molecule has 2 aromatic heterocycles. The molecular formula is C19H21N5O3S. The van der Waals surface area contributed by atoms with E-state index >= 15 is 0 Å². The maximum Gasteiger partial charge on any atom is 0.191 e. The molecule has 0 radical (unpaired) electrons. The van der Waals surface area contributed by atoms with E-state index in [4.69, 9.17) is 9.47 Å². The van der Waals surface area contributed by atoms with Gasteiger partial charge in [0.05, 0.1) is 17.5 Å². The molecule has 8 nitrogen and oxygen atoms in total. The Morgan fingerprint density at radius 3 is 2.71 bits per heavy atom. The van der Waals surface area contributed by atoms with Gasteiger partial charge in [0.2, 0.25) is 0 Å². The van der Waals surface area contributed by atoms with Crippen LogP contribution in [0.5, 0.6) is 11.5 Å². The van der Waals surface area contributed by atoms with Crippen molar-refractivity contribution in [3.05, 3.63) is 36.2 Å². The predicted octanol–water partition coefficient (Wildman–Crippen LogP) is 2.93. The molecule has 1 aromatic carbocycles. The lowest BCUT2D eigenvalue weighted by atomic mass is 10.1. The first kappa shape index (κ1) is 18.5. The molecule has 1 aliphatic rings. The first-order valence-electron chi connectivity index (χ1n) is 9.21. The number of Topliss-reactive ketones (excluding diaryl/α,β-unsaturated/α-hetero) is 1. The Labute approximate surface area is 166 Å². The van der Waals surface area contributed by atoms with E-state index in [1.54, 1.807) is 24.4 Å². The molecule has 146 valence electrons. The van der Waals surface area contributed by atoms with E-state index in [2.05, 4.69) is 15.3 Å². The van der Waals surface area contributed by atoms with Crippen LogP contribution in [0.3, 0.4) is 0 Å². The summed E-state index contributed by atoms with van der Waals surface area (Å²) in [6.45, 7) is 6.60. The Kier molecular flexibility index (Phi) is 5.34. The van der Waals surface area contributed by atoms with Gasteiger partial charge in [-0.25, -0.2) is 0 Å². The molecule has 0 fully saturated rings. The summed E-state index contributed by atoms with van der Waals surface area (Å²) in [5.74, 6) is 2.34. The van der Waals surface area contributed by atoms with E-state index in [9.17, 15) is 4.79 Å². The molecule has 0 amide bonds. The molecule has 0 atom stereocenters. The fraction of sp³-hybridized carbons (Fsp3) is 0.368. The van der Waals surface area contributed by atoms with Crippen LogP contribution >= 0.6 is 11.8 Å². The summed E-state index contributed by atoms with van der Waals surface area (Å²) in [5, 5.41) is 13.6. The third-order valence-electron chi connectivity index (χ3n) is 4.45. The van der Waals surface area contributed by atoms with Gasteiger partial charge in [-0.05, 0) is 32.0 Å². The molecule has 3 heterocycles. The van der Waals surface area contributed by atoms with Crippen LogP contribution in [0.15, 0.2) is 35.7 Å². The normalized spacial score (nSPS) is 12.9. The second-order valence-electron chi connectivity index (χ2n) is 6.21. The van der Waals surface area contributed by atoms with Crippen LogP contribution in [-0.4, -0.2) is 49.3 Å². The van der Waals surface area contributed by atoms with Crippen molar-refractivity contribution in [2.75, 3.05) is 19.0 Å². The second-order valence-corrected chi connectivity index (χ2v) is 7.15.